The number of nitrogens with one attached hydrogen (secondary N) is 1. The van der Waals surface area contributed by atoms with Gasteiger partial charge in [0.25, 0.3) is 0 Å². The first-order chi connectivity index (χ1) is 12.6. The van der Waals surface area contributed by atoms with Gasteiger partial charge < -0.3 is 19.7 Å². The van der Waals surface area contributed by atoms with E-state index >= 15 is 0 Å². The van der Waals surface area contributed by atoms with Gasteiger partial charge in [-0.25, -0.2) is 9.78 Å². The number of benzene rings is 2. The van der Waals surface area contributed by atoms with Crippen LogP contribution in [-0.4, -0.2) is 46.7 Å². The third-order valence-corrected chi connectivity index (χ3v) is 4.92. The highest BCUT2D eigenvalue weighted by atomic mass is 16.2. The number of urea groups is 1. The number of rotatable bonds is 2. The third-order valence-electron chi connectivity index (χ3n) is 4.92. The minimum Gasteiger partial charge on any atom is -0.339 e. The van der Waals surface area contributed by atoms with Crippen LogP contribution in [0.1, 0.15) is 5.56 Å². The predicted molar refractivity (Wildman–Crippen MR) is 105 cm³/mol. The number of para-hydroxylation sites is 2. The molecule has 134 valence electrons. The summed E-state index contributed by atoms with van der Waals surface area (Å²) in [6.45, 7) is 4.95. The Hall–Kier alpha value is -3.02. The first-order valence-electron chi connectivity index (χ1n) is 8.91. The topological polar surface area (TPSA) is 53.4 Å². The van der Waals surface area contributed by atoms with Crippen LogP contribution in [0.25, 0.3) is 11.0 Å². The lowest BCUT2D eigenvalue weighted by Gasteiger charge is -2.35. The standard InChI is InChI=1S/C20H23N5O/c1-15-7-9-16(10-8-15)21-20(26)25-13-11-24(12-14-25)19-22-17-5-3-4-6-18(17)23(19)2/h3-10H,11-14H2,1-2H3,(H,21,26). The number of aryl methyl sites for hydroxylation is 2. The largest absolute Gasteiger partial charge is 0.339 e. The maximum absolute atomic E-state index is 12.5. The van der Waals surface area contributed by atoms with E-state index in [-0.39, 0.29) is 6.03 Å². The fraction of sp³-hybridized carbons (Fsp3) is 0.300. The Morgan fingerprint density at radius 3 is 2.38 bits per heavy atom. The van der Waals surface area contributed by atoms with E-state index < -0.39 is 0 Å². The van der Waals surface area contributed by atoms with Crippen molar-refractivity contribution < 1.29 is 4.79 Å². The SMILES string of the molecule is Cc1ccc(NC(=O)N2CCN(c3nc4ccccc4n3C)CC2)cc1. The molecule has 0 saturated carbocycles. The molecule has 26 heavy (non-hydrogen) atoms. The summed E-state index contributed by atoms with van der Waals surface area (Å²) in [6.07, 6.45) is 0. The summed E-state index contributed by atoms with van der Waals surface area (Å²) < 4.78 is 2.12. The summed E-state index contributed by atoms with van der Waals surface area (Å²) in [4.78, 5) is 21.3. The Kier molecular flexibility index (Phi) is 4.24. The van der Waals surface area contributed by atoms with Crippen molar-refractivity contribution in [3.05, 3.63) is 54.1 Å². The number of anilines is 2. The molecule has 2 amide bonds. The van der Waals surface area contributed by atoms with E-state index in [9.17, 15) is 4.79 Å². The zero-order valence-corrected chi connectivity index (χ0v) is 15.1. The van der Waals surface area contributed by atoms with Gasteiger partial charge in [-0.05, 0) is 31.2 Å². The molecule has 3 aromatic rings. The number of piperazine rings is 1. The average molecular weight is 349 g/mol. The number of carbonyl (C=O) groups excluding carboxylic acids is 1. The highest BCUT2D eigenvalue weighted by Gasteiger charge is 2.24. The Balaban J connectivity index is 1.41. The van der Waals surface area contributed by atoms with Crippen molar-refractivity contribution in [1.82, 2.24) is 14.5 Å². The molecule has 0 atom stereocenters. The minimum atomic E-state index is -0.0431. The number of hydrogen-bond donors (Lipinski definition) is 1. The normalized spacial score (nSPS) is 14.7. The first kappa shape index (κ1) is 16.4. The molecule has 0 bridgehead atoms. The van der Waals surface area contributed by atoms with Crippen molar-refractivity contribution in [3.63, 3.8) is 0 Å². The van der Waals surface area contributed by atoms with Gasteiger partial charge in [0.15, 0.2) is 0 Å². The van der Waals surface area contributed by atoms with E-state index in [0.717, 1.165) is 35.8 Å². The summed E-state index contributed by atoms with van der Waals surface area (Å²) in [7, 11) is 2.04. The molecule has 0 radical (unpaired) electrons. The van der Waals surface area contributed by atoms with Gasteiger partial charge >= 0.3 is 6.03 Å². The fourth-order valence-electron chi connectivity index (χ4n) is 3.36. The van der Waals surface area contributed by atoms with Crippen molar-refractivity contribution in [2.75, 3.05) is 36.4 Å². The molecule has 0 aliphatic carbocycles. The highest BCUT2D eigenvalue weighted by Crippen LogP contribution is 2.22. The van der Waals surface area contributed by atoms with E-state index in [4.69, 9.17) is 4.98 Å². The highest BCUT2D eigenvalue weighted by molar-refractivity contribution is 5.89. The molecule has 1 N–H and O–H groups in total. The molecule has 6 heteroatoms. The molecule has 1 aliphatic rings. The fourth-order valence-corrected chi connectivity index (χ4v) is 3.36. The second-order valence-corrected chi connectivity index (χ2v) is 6.73. The maximum atomic E-state index is 12.5. The van der Waals surface area contributed by atoms with Crippen molar-refractivity contribution >= 4 is 28.7 Å². The number of carbonyl (C=O) groups is 1. The van der Waals surface area contributed by atoms with Crippen molar-refractivity contribution in [3.8, 4) is 0 Å². The lowest BCUT2D eigenvalue weighted by atomic mass is 10.2. The summed E-state index contributed by atoms with van der Waals surface area (Å²) in [5, 5.41) is 2.97. The van der Waals surface area contributed by atoms with Gasteiger partial charge in [-0.15, -0.1) is 0 Å². The summed E-state index contributed by atoms with van der Waals surface area (Å²) in [5.41, 5.74) is 4.14. The van der Waals surface area contributed by atoms with Crippen LogP contribution in [0.2, 0.25) is 0 Å². The van der Waals surface area contributed by atoms with Crippen molar-refractivity contribution in [1.29, 1.82) is 0 Å². The lowest BCUT2D eigenvalue weighted by molar-refractivity contribution is 0.208. The number of imidazole rings is 1. The monoisotopic (exact) mass is 349 g/mol. The number of hydrogen-bond acceptors (Lipinski definition) is 3. The zero-order chi connectivity index (χ0) is 18.1. The van der Waals surface area contributed by atoms with E-state index in [1.54, 1.807) is 0 Å². The van der Waals surface area contributed by atoms with Gasteiger partial charge in [0.2, 0.25) is 5.95 Å². The average Bonchev–Trinajstić information content (AvgIpc) is 3.01. The van der Waals surface area contributed by atoms with Gasteiger partial charge in [0, 0.05) is 38.9 Å². The van der Waals surface area contributed by atoms with Crippen LogP contribution in [-0.2, 0) is 7.05 Å². The second-order valence-electron chi connectivity index (χ2n) is 6.73. The molecule has 1 aromatic heterocycles. The molecular formula is C20H23N5O. The summed E-state index contributed by atoms with van der Waals surface area (Å²) >= 11 is 0. The molecule has 0 unspecified atom stereocenters. The van der Waals surface area contributed by atoms with Crippen LogP contribution in [0.4, 0.5) is 16.4 Å². The molecule has 1 saturated heterocycles. The van der Waals surface area contributed by atoms with Crippen molar-refractivity contribution in [2.24, 2.45) is 7.05 Å². The van der Waals surface area contributed by atoms with Crippen LogP contribution in [0.5, 0.6) is 0 Å². The summed E-state index contributed by atoms with van der Waals surface area (Å²) in [5.74, 6) is 0.963. The third kappa shape index (κ3) is 3.10. The van der Waals surface area contributed by atoms with Crippen LogP contribution in [0, 0.1) is 6.92 Å². The van der Waals surface area contributed by atoms with Gasteiger partial charge in [0.1, 0.15) is 0 Å². The number of nitrogens with zero attached hydrogens (tertiary/aromatic N) is 4. The summed E-state index contributed by atoms with van der Waals surface area (Å²) in [6, 6.07) is 16.0. The lowest BCUT2D eigenvalue weighted by Crippen LogP contribution is -2.50. The quantitative estimate of drug-likeness (QED) is 0.773. The molecular weight excluding hydrogens is 326 g/mol. The Labute approximate surface area is 153 Å². The van der Waals surface area contributed by atoms with E-state index in [2.05, 4.69) is 20.9 Å². The number of aromatic nitrogens is 2. The molecule has 0 spiro atoms. The first-order valence-corrected chi connectivity index (χ1v) is 8.91. The maximum Gasteiger partial charge on any atom is 0.321 e. The van der Waals surface area contributed by atoms with Gasteiger partial charge in [-0.3, -0.25) is 0 Å². The molecule has 6 nitrogen and oxygen atoms in total. The minimum absolute atomic E-state index is 0.0431. The van der Waals surface area contributed by atoms with Crippen LogP contribution < -0.4 is 10.2 Å². The number of fused-ring (bicyclic) bond motifs is 1. The van der Waals surface area contributed by atoms with Crippen LogP contribution in [0.15, 0.2) is 48.5 Å². The molecule has 4 rings (SSSR count). The molecule has 1 fully saturated rings. The van der Waals surface area contributed by atoms with Gasteiger partial charge in [-0.1, -0.05) is 29.8 Å². The zero-order valence-electron chi connectivity index (χ0n) is 15.1. The van der Waals surface area contributed by atoms with Gasteiger partial charge in [0.05, 0.1) is 11.0 Å². The second kappa shape index (κ2) is 6.71. The van der Waals surface area contributed by atoms with E-state index in [0.29, 0.717) is 13.1 Å². The Bertz CT molecular complexity index is 923. The van der Waals surface area contributed by atoms with Gasteiger partial charge in [-0.2, -0.15) is 0 Å². The predicted octanol–water partition coefficient (Wildman–Crippen LogP) is 3.24. The molecule has 2 heterocycles. The molecule has 1 aliphatic heterocycles. The smallest absolute Gasteiger partial charge is 0.321 e. The van der Waals surface area contributed by atoms with E-state index in [1.807, 2.05) is 61.3 Å². The Morgan fingerprint density at radius 2 is 1.69 bits per heavy atom. The number of amides is 2. The molecule has 2 aromatic carbocycles. The Morgan fingerprint density at radius 1 is 1.00 bits per heavy atom. The van der Waals surface area contributed by atoms with Crippen LogP contribution in [0.3, 0.4) is 0 Å². The van der Waals surface area contributed by atoms with Crippen LogP contribution >= 0.6 is 0 Å². The van der Waals surface area contributed by atoms with Crippen molar-refractivity contribution in [2.45, 2.75) is 6.92 Å². The van der Waals surface area contributed by atoms with E-state index in [1.165, 1.54) is 5.56 Å².